The van der Waals surface area contributed by atoms with Crippen LogP contribution in [0.2, 0.25) is 0 Å². The molecule has 0 aliphatic heterocycles. The van der Waals surface area contributed by atoms with Crippen LogP contribution in [-0.4, -0.2) is 35.4 Å². The van der Waals surface area contributed by atoms with Gasteiger partial charge in [-0.1, -0.05) is 32.6 Å². The number of nitrogens with two attached hydrogens (primary N) is 1. The molecule has 6 heteroatoms. The lowest BCUT2D eigenvalue weighted by molar-refractivity contribution is -0.121. The number of unbranched alkanes of at least 4 members (excludes halogenated alkanes) is 5. The van der Waals surface area contributed by atoms with Crippen LogP contribution in [0.15, 0.2) is 0 Å². The summed E-state index contributed by atoms with van der Waals surface area (Å²) in [5, 5.41) is 16.9. The quantitative estimate of drug-likeness (QED) is 0.458. The monoisotopic (exact) mass is 276 g/mol. The molecule has 0 aromatic heterocycles. The van der Waals surface area contributed by atoms with Crippen LogP contribution in [0, 0.1) is 0 Å². The highest BCUT2D eigenvalue weighted by atomic mass is 16.6. The lowest BCUT2D eigenvalue weighted by atomic mass is 10.2. The molecule has 0 saturated carbocycles. The Morgan fingerprint density at radius 2 is 1.58 bits per heavy atom. The Balaban J connectivity index is 0. The van der Waals surface area contributed by atoms with Crippen LogP contribution < -0.4 is 11.1 Å². The van der Waals surface area contributed by atoms with E-state index in [9.17, 15) is 4.79 Å². The summed E-state index contributed by atoms with van der Waals surface area (Å²) in [4.78, 5) is 19.8. The molecule has 0 fully saturated rings. The number of hydrogen-bond acceptors (Lipinski definition) is 3. The van der Waals surface area contributed by atoms with Crippen molar-refractivity contribution in [2.45, 2.75) is 58.3 Å². The second-order valence-electron chi connectivity index (χ2n) is 4.29. The Labute approximate surface area is 115 Å². The predicted octanol–water partition coefficient (Wildman–Crippen LogP) is 2.42. The van der Waals surface area contributed by atoms with Crippen LogP contribution in [-0.2, 0) is 4.79 Å². The first-order valence-corrected chi connectivity index (χ1v) is 6.93. The van der Waals surface area contributed by atoms with Gasteiger partial charge in [-0.05, 0) is 25.8 Å². The van der Waals surface area contributed by atoms with E-state index < -0.39 is 6.16 Å². The van der Waals surface area contributed by atoms with E-state index in [2.05, 4.69) is 12.2 Å². The van der Waals surface area contributed by atoms with E-state index in [1.165, 1.54) is 19.3 Å². The van der Waals surface area contributed by atoms with Crippen molar-refractivity contribution in [3.63, 3.8) is 0 Å². The topological polar surface area (TPSA) is 113 Å². The molecule has 114 valence electrons. The van der Waals surface area contributed by atoms with Crippen molar-refractivity contribution >= 4 is 12.1 Å². The van der Waals surface area contributed by atoms with E-state index in [-0.39, 0.29) is 5.91 Å². The van der Waals surface area contributed by atoms with Gasteiger partial charge in [-0.2, -0.15) is 0 Å². The molecule has 0 spiro atoms. The summed E-state index contributed by atoms with van der Waals surface area (Å²) in [5.41, 5.74) is 5.39. The molecule has 0 aromatic rings. The van der Waals surface area contributed by atoms with E-state index in [4.69, 9.17) is 20.7 Å². The molecule has 1 amide bonds. The third kappa shape index (κ3) is 26.4. The second kappa shape index (κ2) is 16.7. The minimum Gasteiger partial charge on any atom is -0.450 e. The van der Waals surface area contributed by atoms with Crippen molar-refractivity contribution < 1.29 is 19.8 Å². The van der Waals surface area contributed by atoms with Crippen LogP contribution in [0.1, 0.15) is 58.3 Å². The van der Waals surface area contributed by atoms with Crippen molar-refractivity contribution in [2.75, 3.05) is 13.1 Å². The maximum atomic E-state index is 11.3. The minimum atomic E-state index is -1.83. The van der Waals surface area contributed by atoms with Crippen LogP contribution >= 0.6 is 0 Å². The second-order valence-corrected chi connectivity index (χ2v) is 4.29. The number of rotatable bonds is 10. The zero-order valence-corrected chi connectivity index (χ0v) is 11.9. The van der Waals surface area contributed by atoms with Gasteiger partial charge < -0.3 is 21.3 Å². The minimum absolute atomic E-state index is 0.210. The summed E-state index contributed by atoms with van der Waals surface area (Å²) in [7, 11) is 0. The molecule has 0 rings (SSSR count). The number of amides is 1. The number of carboxylic acid groups (broad SMARTS) is 2. The normalized spacial score (nSPS) is 9.37. The number of hydrogen-bond donors (Lipinski definition) is 4. The zero-order valence-electron chi connectivity index (χ0n) is 11.9. The third-order valence-electron chi connectivity index (χ3n) is 2.46. The van der Waals surface area contributed by atoms with Gasteiger partial charge in [0.1, 0.15) is 0 Å². The Kier molecular flexibility index (Phi) is 17.6. The molecule has 5 N–H and O–H groups in total. The van der Waals surface area contributed by atoms with Gasteiger partial charge >= 0.3 is 6.16 Å². The first-order valence-electron chi connectivity index (χ1n) is 6.93. The summed E-state index contributed by atoms with van der Waals surface area (Å²) in [6.45, 7) is 3.76. The van der Waals surface area contributed by atoms with Crippen molar-refractivity contribution in [1.29, 1.82) is 0 Å². The van der Waals surface area contributed by atoms with E-state index in [1.54, 1.807) is 0 Å². The van der Waals surface area contributed by atoms with Gasteiger partial charge in [0, 0.05) is 13.0 Å². The number of carbonyl (C=O) groups excluding carboxylic acids is 1. The molecule has 0 aliphatic rings. The van der Waals surface area contributed by atoms with Crippen molar-refractivity contribution in [3.8, 4) is 0 Å². The van der Waals surface area contributed by atoms with Gasteiger partial charge in [-0.3, -0.25) is 4.79 Å². The van der Waals surface area contributed by atoms with Gasteiger partial charge in [0.25, 0.3) is 0 Å². The van der Waals surface area contributed by atoms with E-state index in [0.717, 1.165) is 38.8 Å². The van der Waals surface area contributed by atoms with E-state index >= 15 is 0 Å². The van der Waals surface area contributed by atoms with Gasteiger partial charge in [-0.15, -0.1) is 0 Å². The average Bonchev–Trinajstić information content (AvgIpc) is 2.33. The molecule has 0 saturated heterocycles. The number of nitrogens with one attached hydrogen (secondary N) is 1. The molecule has 0 aromatic carbocycles. The molecule has 6 nitrogen and oxygen atoms in total. The summed E-state index contributed by atoms with van der Waals surface area (Å²) in [6.07, 6.45) is 6.75. The molecule has 0 aliphatic carbocycles. The lowest BCUT2D eigenvalue weighted by Crippen LogP contribution is -2.23. The molecule has 0 heterocycles. The first kappa shape index (κ1) is 20.0. The predicted molar refractivity (Wildman–Crippen MR) is 75.3 cm³/mol. The summed E-state index contributed by atoms with van der Waals surface area (Å²) < 4.78 is 0. The van der Waals surface area contributed by atoms with Gasteiger partial charge in [-0.25, -0.2) is 4.79 Å². The standard InChI is InChI=1S/C12H26N2O.CH2O3/c1-2-3-6-9-12(15)14-11-8-5-4-7-10-13;2-1(3)4/h2-11,13H2,1H3,(H,14,15);(H2,2,3,4). The first-order chi connectivity index (χ1) is 9.04. The van der Waals surface area contributed by atoms with Crippen molar-refractivity contribution in [2.24, 2.45) is 5.73 Å². The van der Waals surface area contributed by atoms with Crippen molar-refractivity contribution in [1.82, 2.24) is 5.32 Å². The molecule has 0 bridgehead atoms. The van der Waals surface area contributed by atoms with Crippen LogP contribution in [0.5, 0.6) is 0 Å². The Morgan fingerprint density at radius 3 is 2.11 bits per heavy atom. The fraction of sp³-hybridized carbons (Fsp3) is 0.846. The Hall–Kier alpha value is -1.30. The zero-order chi connectivity index (χ0) is 14.9. The summed E-state index contributed by atoms with van der Waals surface area (Å²) in [6, 6.07) is 0. The number of carbonyl (C=O) groups is 2. The Morgan fingerprint density at radius 1 is 1.00 bits per heavy atom. The summed E-state index contributed by atoms with van der Waals surface area (Å²) >= 11 is 0. The maximum absolute atomic E-state index is 11.3. The SMILES string of the molecule is CCCCCC(=O)NCCCCCCN.O=C(O)O. The van der Waals surface area contributed by atoms with Gasteiger partial charge in [0.05, 0.1) is 0 Å². The largest absolute Gasteiger partial charge is 0.503 e. The van der Waals surface area contributed by atoms with Gasteiger partial charge in [0.2, 0.25) is 5.91 Å². The lowest BCUT2D eigenvalue weighted by Gasteiger charge is -2.04. The van der Waals surface area contributed by atoms with Crippen LogP contribution in [0.4, 0.5) is 4.79 Å². The highest BCUT2D eigenvalue weighted by Gasteiger charge is 1.99. The van der Waals surface area contributed by atoms with Crippen LogP contribution in [0.25, 0.3) is 0 Å². The highest BCUT2D eigenvalue weighted by Crippen LogP contribution is 1.99. The van der Waals surface area contributed by atoms with Crippen LogP contribution in [0.3, 0.4) is 0 Å². The fourth-order valence-corrected chi connectivity index (χ4v) is 1.47. The van der Waals surface area contributed by atoms with Crippen molar-refractivity contribution in [3.05, 3.63) is 0 Å². The smallest absolute Gasteiger partial charge is 0.450 e. The molecule has 0 radical (unpaired) electrons. The van der Waals surface area contributed by atoms with E-state index in [1.807, 2.05) is 0 Å². The third-order valence-corrected chi connectivity index (χ3v) is 2.46. The van der Waals surface area contributed by atoms with Gasteiger partial charge in [0.15, 0.2) is 0 Å². The molecule has 19 heavy (non-hydrogen) atoms. The fourth-order valence-electron chi connectivity index (χ4n) is 1.47. The highest BCUT2D eigenvalue weighted by molar-refractivity contribution is 5.75. The summed E-state index contributed by atoms with van der Waals surface area (Å²) in [5.74, 6) is 0.210. The molecular weight excluding hydrogens is 248 g/mol. The average molecular weight is 276 g/mol. The molecule has 0 unspecified atom stereocenters. The Bertz CT molecular complexity index is 219. The molecule has 0 atom stereocenters. The van der Waals surface area contributed by atoms with E-state index in [0.29, 0.717) is 6.42 Å². The maximum Gasteiger partial charge on any atom is 0.503 e. The molecular formula is C13H28N2O4.